The Bertz CT molecular complexity index is 804. The summed E-state index contributed by atoms with van der Waals surface area (Å²) in [6, 6.07) is 5.26. The van der Waals surface area contributed by atoms with Crippen LogP contribution in [0.5, 0.6) is 11.5 Å². The first-order chi connectivity index (χ1) is 13.5. The van der Waals surface area contributed by atoms with Crippen LogP contribution in [0.2, 0.25) is 0 Å². The number of imide groups is 1. The first kappa shape index (κ1) is 20.2. The van der Waals surface area contributed by atoms with Gasteiger partial charge in [-0.25, -0.2) is 0 Å². The maximum absolute atomic E-state index is 12.6. The molecule has 9 heteroatoms. The third kappa shape index (κ3) is 4.48. The third-order valence-corrected chi connectivity index (χ3v) is 5.22. The van der Waals surface area contributed by atoms with E-state index < -0.39 is 11.1 Å². The zero-order valence-corrected chi connectivity index (χ0v) is 16.6. The lowest BCUT2D eigenvalue weighted by Gasteiger charge is -2.28. The molecular weight excluding hydrogens is 384 g/mol. The second kappa shape index (κ2) is 9.11. The molecule has 2 heterocycles. The highest BCUT2D eigenvalue weighted by Crippen LogP contribution is 2.34. The molecule has 1 aromatic carbocycles. The number of methoxy groups -OCH3 is 1. The highest BCUT2D eigenvalue weighted by molar-refractivity contribution is 8.18. The Hall–Kier alpha value is -2.52. The number of thioether (sulfide) groups is 1. The predicted octanol–water partition coefficient (Wildman–Crippen LogP) is 1.99. The Morgan fingerprint density at radius 2 is 2.00 bits per heavy atom. The highest BCUT2D eigenvalue weighted by Gasteiger charge is 2.37. The van der Waals surface area contributed by atoms with Crippen molar-refractivity contribution >= 4 is 34.9 Å². The van der Waals surface area contributed by atoms with E-state index in [9.17, 15) is 14.4 Å². The predicted molar refractivity (Wildman–Crippen MR) is 104 cm³/mol. The number of carbonyl (C=O) groups is 3. The molecule has 0 saturated carbocycles. The number of nitrogens with zero attached hydrogens (tertiary/aromatic N) is 2. The molecule has 8 nitrogen and oxygen atoms in total. The van der Waals surface area contributed by atoms with Crippen LogP contribution in [0, 0.1) is 0 Å². The van der Waals surface area contributed by atoms with Crippen LogP contribution in [0.1, 0.15) is 12.5 Å². The Kier molecular flexibility index (Phi) is 6.58. The smallest absolute Gasteiger partial charge is 0.294 e. The summed E-state index contributed by atoms with van der Waals surface area (Å²) in [5.41, 5.74) is 0.703. The van der Waals surface area contributed by atoms with Crippen LogP contribution >= 0.6 is 11.8 Å². The van der Waals surface area contributed by atoms with Gasteiger partial charge in [0.15, 0.2) is 11.5 Å². The molecule has 0 atom stereocenters. The van der Waals surface area contributed by atoms with E-state index in [2.05, 4.69) is 0 Å². The minimum absolute atomic E-state index is 0.255. The standard InChI is InChI=1S/C19H22N2O6S/c1-3-27-15-10-13(4-5-14(15)25-2)11-16-18(23)21(19(24)28-16)12-17(22)20-6-8-26-9-7-20/h4-5,10-11H,3,6-9,12H2,1-2H3. The average Bonchev–Trinajstić information content (AvgIpc) is 2.96. The summed E-state index contributed by atoms with van der Waals surface area (Å²) in [5, 5.41) is -0.448. The zero-order valence-electron chi connectivity index (χ0n) is 15.8. The normalized spacial score (nSPS) is 18.7. The fourth-order valence-electron chi connectivity index (χ4n) is 2.89. The van der Waals surface area contributed by atoms with Gasteiger partial charge in [0.05, 0.1) is 31.8 Å². The number of hydrogen-bond acceptors (Lipinski definition) is 7. The van der Waals surface area contributed by atoms with E-state index in [1.807, 2.05) is 6.92 Å². The van der Waals surface area contributed by atoms with Gasteiger partial charge < -0.3 is 19.1 Å². The van der Waals surface area contributed by atoms with Gasteiger partial charge in [0, 0.05) is 13.1 Å². The minimum atomic E-state index is -0.467. The summed E-state index contributed by atoms with van der Waals surface area (Å²) >= 11 is 0.825. The maximum Gasteiger partial charge on any atom is 0.294 e. The number of morpholine rings is 1. The fourth-order valence-corrected chi connectivity index (χ4v) is 3.73. The lowest BCUT2D eigenvalue weighted by molar-refractivity contribution is -0.139. The molecule has 2 aliphatic heterocycles. The Labute approximate surface area is 167 Å². The molecule has 3 amide bonds. The van der Waals surface area contributed by atoms with Gasteiger partial charge >= 0.3 is 0 Å². The van der Waals surface area contributed by atoms with Crippen LogP contribution in [0.15, 0.2) is 23.1 Å². The van der Waals surface area contributed by atoms with Crippen molar-refractivity contribution in [3.05, 3.63) is 28.7 Å². The SMILES string of the molecule is CCOc1cc(C=C2SC(=O)N(CC(=O)N3CCOCC3)C2=O)ccc1OC. The van der Waals surface area contributed by atoms with Crippen molar-refractivity contribution in [3.63, 3.8) is 0 Å². The van der Waals surface area contributed by atoms with Crippen LogP contribution in [0.4, 0.5) is 4.79 Å². The van der Waals surface area contributed by atoms with E-state index in [-0.39, 0.29) is 17.4 Å². The Morgan fingerprint density at radius 3 is 2.68 bits per heavy atom. The van der Waals surface area contributed by atoms with Gasteiger partial charge in [-0.2, -0.15) is 0 Å². The van der Waals surface area contributed by atoms with Gasteiger partial charge in [-0.1, -0.05) is 6.07 Å². The highest BCUT2D eigenvalue weighted by atomic mass is 32.2. The van der Waals surface area contributed by atoms with Gasteiger partial charge in [-0.3, -0.25) is 19.3 Å². The second-order valence-corrected chi connectivity index (χ2v) is 7.10. The lowest BCUT2D eigenvalue weighted by atomic mass is 10.2. The molecule has 0 aliphatic carbocycles. The average molecular weight is 406 g/mol. The topological polar surface area (TPSA) is 85.4 Å². The molecule has 0 aromatic heterocycles. The van der Waals surface area contributed by atoms with Gasteiger partial charge in [-0.05, 0) is 42.5 Å². The zero-order chi connectivity index (χ0) is 20.1. The van der Waals surface area contributed by atoms with Crippen LogP contribution < -0.4 is 9.47 Å². The summed E-state index contributed by atoms with van der Waals surface area (Å²) < 4.78 is 16.0. The molecule has 150 valence electrons. The third-order valence-electron chi connectivity index (χ3n) is 4.32. The first-order valence-electron chi connectivity index (χ1n) is 8.95. The summed E-state index contributed by atoms with van der Waals surface area (Å²) in [6.45, 7) is 3.95. The van der Waals surface area contributed by atoms with Crippen molar-refractivity contribution < 1.29 is 28.6 Å². The summed E-state index contributed by atoms with van der Waals surface area (Å²) in [4.78, 5) is 40.1. The number of amides is 3. The molecule has 0 spiro atoms. The number of carbonyl (C=O) groups excluding carboxylic acids is 3. The van der Waals surface area contributed by atoms with E-state index in [0.29, 0.717) is 50.0 Å². The lowest BCUT2D eigenvalue weighted by Crippen LogP contribution is -2.46. The number of rotatable bonds is 6. The monoisotopic (exact) mass is 406 g/mol. The van der Waals surface area contributed by atoms with Crippen molar-refractivity contribution in [2.24, 2.45) is 0 Å². The van der Waals surface area contributed by atoms with E-state index in [0.717, 1.165) is 16.7 Å². The van der Waals surface area contributed by atoms with E-state index >= 15 is 0 Å². The molecule has 0 N–H and O–H groups in total. The van der Waals surface area contributed by atoms with Gasteiger partial charge in [0.1, 0.15) is 6.54 Å². The quantitative estimate of drug-likeness (QED) is 0.668. The molecule has 1 aromatic rings. The number of benzene rings is 1. The molecule has 2 fully saturated rings. The molecular formula is C19H22N2O6S. The Balaban J connectivity index is 1.73. The van der Waals surface area contributed by atoms with Gasteiger partial charge in [0.2, 0.25) is 5.91 Å². The summed E-state index contributed by atoms with van der Waals surface area (Å²) in [5.74, 6) is 0.420. The molecule has 0 bridgehead atoms. The van der Waals surface area contributed by atoms with E-state index in [1.165, 1.54) is 0 Å². The van der Waals surface area contributed by atoms with Crippen molar-refractivity contribution in [1.29, 1.82) is 0 Å². The van der Waals surface area contributed by atoms with Crippen LogP contribution in [-0.2, 0) is 14.3 Å². The van der Waals surface area contributed by atoms with Crippen LogP contribution in [0.25, 0.3) is 6.08 Å². The molecule has 2 saturated heterocycles. The minimum Gasteiger partial charge on any atom is -0.493 e. The fraction of sp³-hybridized carbons (Fsp3) is 0.421. The van der Waals surface area contributed by atoms with Gasteiger partial charge in [0.25, 0.3) is 11.1 Å². The molecule has 28 heavy (non-hydrogen) atoms. The van der Waals surface area contributed by atoms with E-state index in [1.54, 1.807) is 36.3 Å². The largest absolute Gasteiger partial charge is 0.493 e. The van der Waals surface area contributed by atoms with Crippen molar-refractivity contribution in [2.75, 3.05) is 46.6 Å². The maximum atomic E-state index is 12.6. The summed E-state index contributed by atoms with van der Waals surface area (Å²) in [7, 11) is 1.55. The summed E-state index contributed by atoms with van der Waals surface area (Å²) in [6.07, 6.45) is 1.62. The van der Waals surface area contributed by atoms with Crippen molar-refractivity contribution in [1.82, 2.24) is 9.80 Å². The molecule has 0 radical (unpaired) electrons. The van der Waals surface area contributed by atoms with E-state index in [4.69, 9.17) is 14.2 Å². The first-order valence-corrected chi connectivity index (χ1v) is 9.77. The molecule has 2 aliphatic rings. The number of ether oxygens (including phenoxy) is 3. The molecule has 0 unspecified atom stereocenters. The second-order valence-electron chi connectivity index (χ2n) is 6.10. The molecule has 3 rings (SSSR count). The Morgan fingerprint density at radius 1 is 1.25 bits per heavy atom. The van der Waals surface area contributed by atoms with Crippen molar-refractivity contribution in [3.8, 4) is 11.5 Å². The van der Waals surface area contributed by atoms with Gasteiger partial charge in [-0.15, -0.1) is 0 Å². The van der Waals surface area contributed by atoms with Crippen LogP contribution in [-0.4, -0.2) is 73.4 Å². The number of hydrogen-bond donors (Lipinski definition) is 0. The van der Waals surface area contributed by atoms with Crippen LogP contribution in [0.3, 0.4) is 0 Å². The van der Waals surface area contributed by atoms with Crippen molar-refractivity contribution in [2.45, 2.75) is 6.92 Å².